The van der Waals surface area contributed by atoms with Crippen LogP contribution in [-0.4, -0.2) is 31.1 Å². The number of carboxylic acids is 1. The number of rotatable bonds is 5. The minimum atomic E-state index is -0.836. The van der Waals surface area contributed by atoms with Crippen molar-refractivity contribution in [3.63, 3.8) is 0 Å². The van der Waals surface area contributed by atoms with Crippen LogP contribution in [0.4, 0.5) is 0 Å². The number of carbonyl (C=O) groups is 1. The highest BCUT2D eigenvalue weighted by molar-refractivity contribution is 9.10. The minimum Gasteiger partial charge on any atom is -0.480 e. The van der Waals surface area contributed by atoms with E-state index in [0.29, 0.717) is 9.89 Å². The first kappa shape index (κ1) is 16.6. The molecule has 2 heterocycles. The van der Waals surface area contributed by atoms with Gasteiger partial charge in [-0.3, -0.25) is 9.36 Å². The fraction of sp³-hybridized carbons (Fsp3) is 0.562. The molecule has 1 N–H and O–H groups in total. The molecule has 0 spiro atoms. The van der Waals surface area contributed by atoms with E-state index in [1.807, 2.05) is 15.9 Å². The van der Waals surface area contributed by atoms with Gasteiger partial charge < -0.3 is 5.11 Å². The third kappa shape index (κ3) is 2.93. The van der Waals surface area contributed by atoms with E-state index in [0.717, 1.165) is 12.3 Å². The third-order valence-electron chi connectivity index (χ3n) is 4.61. The number of thiophene rings is 1. The molecule has 0 aromatic carbocycles. The van der Waals surface area contributed by atoms with E-state index in [1.165, 1.54) is 54.4 Å². The van der Waals surface area contributed by atoms with Crippen molar-refractivity contribution in [2.24, 2.45) is 0 Å². The van der Waals surface area contributed by atoms with Crippen LogP contribution in [0.5, 0.6) is 0 Å². The lowest BCUT2D eigenvalue weighted by atomic mass is 9.92. The fourth-order valence-electron chi connectivity index (χ4n) is 3.20. The molecule has 0 aliphatic heterocycles. The van der Waals surface area contributed by atoms with Crippen molar-refractivity contribution in [2.75, 3.05) is 0 Å². The van der Waals surface area contributed by atoms with Crippen molar-refractivity contribution in [1.82, 2.24) is 14.8 Å². The Hall–Kier alpha value is -0.860. The van der Waals surface area contributed by atoms with E-state index >= 15 is 0 Å². The normalized spacial score (nSPS) is 18.4. The van der Waals surface area contributed by atoms with E-state index in [1.54, 1.807) is 17.4 Å². The van der Waals surface area contributed by atoms with Crippen LogP contribution in [0.25, 0.3) is 5.00 Å². The predicted molar refractivity (Wildman–Crippen MR) is 98.5 cm³/mol. The molecular formula is C16H18BrN3O2S2. The Morgan fingerprint density at radius 3 is 2.71 bits per heavy atom. The second-order valence-electron chi connectivity index (χ2n) is 6.40. The summed E-state index contributed by atoms with van der Waals surface area (Å²) in [5, 5.41) is 18.8. The lowest BCUT2D eigenvalue weighted by Crippen LogP contribution is -2.13. The second kappa shape index (κ2) is 6.46. The predicted octanol–water partition coefficient (Wildman–Crippen LogP) is 4.41. The second-order valence-corrected chi connectivity index (χ2v) is 9.44. The molecule has 0 saturated heterocycles. The van der Waals surface area contributed by atoms with Gasteiger partial charge in [0, 0.05) is 4.88 Å². The zero-order valence-electron chi connectivity index (χ0n) is 13.3. The quantitative estimate of drug-likeness (QED) is 0.715. The molecule has 4 rings (SSSR count). The van der Waals surface area contributed by atoms with E-state index in [4.69, 9.17) is 0 Å². The molecule has 0 amide bonds. The first-order valence-corrected chi connectivity index (χ1v) is 10.7. The number of carboxylic acid groups (broad SMARTS) is 1. The van der Waals surface area contributed by atoms with Crippen molar-refractivity contribution in [2.45, 2.75) is 61.8 Å². The largest absolute Gasteiger partial charge is 0.480 e. The van der Waals surface area contributed by atoms with Crippen molar-refractivity contribution in [3.05, 3.63) is 20.7 Å². The molecule has 8 heteroatoms. The third-order valence-corrected chi connectivity index (χ3v) is 7.57. The Morgan fingerprint density at radius 2 is 2.04 bits per heavy atom. The summed E-state index contributed by atoms with van der Waals surface area (Å²) in [4.78, 5) is 12.7. The van der Waals surface area contributed by atoms with Crippen LogP contribution < -0.4 is 0 Å². The summed E-state index contributed by atoms with van der Waals surface area (Å²) < 4.78 is 2.66. The summed E-state index contributed by atoms with van der Waals surface area (Å²) in [5.41, 5.74) is 2.98. The fourth-order valence-corrected chi connectivity index (χ4v) is 6.28. The Bertz CT molecular complexity index is 798. The molecule has 5 nitrogen and oxygen atoms in total. The average molecular weight is 428 g/mol. The van der Waals surface area contributed by atoms with Gasteiger partial charge in [0.05, 0.1) is 0 Å². The number of nitrogens with zero attached hydrogens (tertiary/aromatic N) is 3. The highest BCUT2D eigenvalue weighted by atomic mass is 79.9. The molecule has 128 valence electrons. The standard InChI is InChI=1S/C16H18BrN3O2S2/c1-8(14(21)22)23-16-19-18-15(17)20(16)13-11-5-3-2-4-10(11)12(24-13)9-6-7-9/h8-9H,2-7H2,1H3,(H,21,22). The summed E-state index contributed by atoms with van der Waals surface area (Å²) in [6.45, 7) is 1.68. The van der Waals surface area contributed by atoms with Crippen LogP contribution in [-0.2, 0) is 17.6 Å². The van der Waals surface area contributed by atoms with Gasteiger partial charge in [-0.25, -0.2) is 0 Å². The number of hydrogen-bond acceptors (Lipinski definition) is 5. The summed E-state index contributed by atoms with van der Waals surface area (Å²) in [7, 11) is 0. The summed E-state index contributed by atoms with van der Waals surface area (Å²) >= 11 is 6.61. The topological polar surface area (TPSA) is 68.0 Å². The molecule has 0 bridgehead atoms. The minimum absolute atomic E-state index is 0.557. The van der Waals surface area contributed by atoms with Crippen LogP contribution in [0.3, 0.4) is 0 Å². The molecule has 0 radical (unpaired) electrons. The van der Waals surface area contributed by atoms with Gasteiger partial charge in [-0.2, -0.15) is 0 Å². The lowest BCUT2D eigenvalue weighted by molar-refractivity contribution is -0.136. The van der Waals surface area contributed by atoms with Gasteiger partial charge in [0.15, 0.2) is 5.16 Å². The number of thioether (sulfide) groups is 1. The maximum Gasteiger partial charge on any atom is 0.316 e. The van der Waals surface area contributed by atoms with Gasteiger partial charge in [-0.1, -0.05) is 11.8 Å². The van der Waals surface area contributed by atoms with Crippen molar-refractivity contribution in [1.29, 1.82) is 0 Å². The van der Waals surface area contributed by atoms with Crippen LogP contribution in [0, 0.1) is 0 Å². The van der Waals surface area contributed by atoms with Gasteiger partial charge >= 0.3 is 5.97 Å². The highest BCUT2D eigenvalue weighted by Gasteiger charge is 2.33. The molecule has 1 unspecified atom stereocenters. The molecule has 2 aliphatic rings. The first-order chi connectivity index (χ1) is 11.6. The van der Waals surface area contributed by atoms with Crippen LogP contribution in [0.1, 0.15) is 54.5 Å². The molecule has 2 aromatic rings. The highest BCUT2D eigenvalue weighted by Crippen LogP contribution is 2.50. The Labute approximate surface area is 157 Å². The van der Waals surface area contributed by atoms with E-state index < -0.39 is 11.2 Å². The molecule has 2 aromatic heterocycles. The number of hydrogen-bond donors (Lipinski definition) is 1. The van der Waals surface area contributed by atoms with Crippen molar-refractivity contribution in [3.8, 4) is 5.00 Å². The van der Waals surface area contributed by atoms with Crippen LogP contribution in [0.2, 0.25) is 0 Å². The van der Waals surface area contributed by atoms with Crippen LogP contribution in [0.15, 0.2) is 9.89 Å². The number of aliphatic carboxylic acids is 1. The van der Waals surface area contributed by atoms with E-state index in [-0.39, 0.29) is 0 Å². The Kier molecular flexibility index (Phi) is 4.47. The zero-order valence-corrected chi connectivity index (χ0v) is 16.5. The zero-order chi connectivity index (χ0) is 16.8. The lowest BCUT2D eigenvalue weighted by Gasteiger charge is -2.15. The molecule has 2 aliphatic carbocycles. The maximum atomic E-state index is 11.2. The summed E-state index contributed by atoms with van der Waals surface area (Å²) in [6, 6.07) is 0. The van der Waals surface area contributed by atoms with E-state index in [2.05, 4.69) is 26.1 Å². The van der Waals surface area contributed by atoms with Gasteiger partial charge in [-0.15, -0.1) is 21.5 Å². The SMILES string of the molecule is CC(Sc1nnc(Br)n1-c1sc(C2CC2)c2c1CCCC2)C(=O)O. The molecule has 1 fully saturated rings. The Balaban J connectivity index is 1.79. The van der Waals surface area contributed by atoms with Gasteiger partial charge in [0.2, 0.25) is 4.73 Å². The monoisotopic (exact) mass is 427 g/mol. The number of halogens is 1. The summed E-state index contributed by atoms with van der Waals surface area (Å²) in [5.74, 6) is -0.0996. The van der Waals surface area contributed by atoms with Gasteiger partial charge in [-0.05, 0) is 78.4 Å². The molecule has 24 heavy (non-hydrogen) atoms. The van der Waals surface area contributed by atoms with Crippen molar-refractivity contribution >= 4 is 45.0 Å². The number of fused-ring (bicyclic) bond motifs is 1. The summed E-state index contributed by atoms with van der Waals surface area (Å²) in [6.07, 6.45) is 7.35. The Morgan fingerprint density at radius 1 is 1.33 bits per heavy atom. The van der Waals surface area contributed by atoms with Gasteiger partial charge in [0.25, 0.3) is 0 Å². The van der Waals surface area contributed by atoms with Gasteiger partial charge in [0.1, 0.15) is 10.3 Å². The molecule has 1 saturated carbocycles. The molecular weight excluding hydrogens is 410 g/mol. The van der Waals surface area contributed by atoms with Crippen LogP contribution >= 0.6 is 39.0 Å². The first-order valence-electron chi connectivity index (χ1n) is 8.21. The molecule has 1 atom stereocenters. The van der Waals surface area contributed by atoms with Crippen molar-refractivity contribution < 1.29 is 9.90 Å². The average Bonchev–Trinajstić information content (AvgIpc) is 3.26. The smallest absolute Gasteiger partial charge is 0.316 e. The maximum absolute atomic E-state index is 11.2. The number of aromatic nitrogens is 3. The van der Waals surface area contributed by atoms with E-state index in [9.17, 15) is 9.90 Å².